The summed E-state index contributed by atoms with van der Waals surface area (Å²) < 4.78 is 9.48. The molecule has 0 amide bonds. The number of rotatable bonds is 3. The molecule has 1 N–H and O–H groups in total. The zero-order valence-corrected chi connectivity index (χ0v) is 8.39. The number of aliphatic hydroxyl groups is 1. The second kappa shape index (κ2) is 15.7. The molecule has 0 rings (SSSR count). The maximum atomic E-state index is 7.57. The minimum atomic E-state index is 0.250. The highest BCUT2D eigenvalue weighted by molar-refractivity contribution is 5.97. The summed E-state index contributed by atoms with van der Waals surface area (Å²) in [5.74, 6) is 0. The van der Waals surface area contributed by atoms with Crippen LogP contribution in [0.3, 0.4) is 0 Å². The number of methoxy groups -OCH3 is 1. The Labute approximate surface area is 59.5 Å². The first-order chi connectivity index (χ1) is 4.33. The molecule has 0 aliphatic carbocycles. The lowest BCUT2D eigenvalue weighted by Gasteiger charge is -1.92. The number of ether oxygens (including phenoxy) is 1. The molecule has 3 nitrogen and oxygen atoms in total. The van der Waals surface area contributed by atoms with Crippen LogP contribution in [0.15, 0.2) is 0 Å². The van der Waals surface area contributed by atoms with Gasteiger partial charge in [0.1, 0.15) is 10.5 Å². The molecule has 0 spiro atoms. The minimum Gasteiger partial charge on any atom is -0.426 e. The Hall–Kier alpha value is 0.0969. The van der Waals surface area contributed by atoms with Crippen LogP contribution in [-0.2, 0) is 9.16 Å². The van der Waals surface area contributed by atoms with Crippen LogP contribution >= 0.6 is 0 Å². The molecule has 4 heteroatoms. The largest absolute Gasteiger partial charge is 0.426 e. The van der Waals surface area contributed by atoms with Gasteiger partial charge in [0.25, 0.3) is 0 Å². The molecule has 0 aliphatic heterocycles. The summed E-state index contributed by atoms with van der Waals surface area (Å²) in [6.07, 6.45) is 0. The molecule has 0 aromatic carbocycles. The maximum Gasteiger partial charge on any atom is 0.146 e. The highest BCUT2D eigenvalue weighted by Gasteiger charge is 1.73. The molecule has 0 unspecified atom stereocenters. The van der Waals surface area contributed by atoms with E-state index in [4.69, 9.17) is 9.53 Å². The van der Waals surface area contributed by atoms with E-state index in [-0.39, 0.29) is 6.61 Å². The van der Waals surface area contributed by atoms with Gasteiger partial charge < -0.3 is 14.3 Å². The van der Waals surface area contributed by atoms with E-state index in [0.717, 1.165) is 23.7 Å². The summed E-state index contributed by atoms with van der Waals surface area (Å²) in [5.41, 5.74) is 0. The Balaban J connectivity index is 0. The summed E-state index contributed by atoms with van der Waals surface area (Å²) in [7, 11) is 2.49. The van der Waals surface area contributed by atoms with Crippen molar-refractivity contribution in [3.63, 3.8) is 0 Å². The summed E-state index contributed by atoms with van der Waals surface area (Å²) in [6.45, 7) is 3.41. The van der Waals surface area contributed by atoms with Crippen LogP contribution in [0.4, 0.5) is 0 Å². The molecule has 9 heavy (non-hydrogen) atoms. The normalized spacial score (nSPS) is 8.33. The van der Waals surface area contributed by atoms with Gasteiger partial charge in [-0.05, 0) is 6.92 Å². The van der Waals surface area contributed by atoms with E-state index in [1.807, 2.05) is 0 Å². The van der Waals surface area contributed by atoms with Gasteiger partial charge in [-0.3, -0.25) is 0 Å². The van der Waals surface area contributed by atoms with Crippen molar-refractivity contribution in [2.75, 3.05) is 26.9 Å². The van der Waals surface area contributed by atoms with Crippen molar-refractivity contribution in [1.29, 1.82) is 0 Å². The summed E-state index contributed by atoms with van der Waals surface area (Å²) in [5, 5.41) is 7.57. The molecule has 58 valence electrons. The van der Waals surface area contributed by atoms with Crippen molar-refractivity contribution in [2.24, 2.45) is 0 Å². The number of hydrogen-bond donors (Lipinski definition) is 1. The van der Waals surface area contributed by atoms with Crippen molar-refractivity contribution in [2.45, 2.75) is 6.92 Å². The fourth-order valence-corrected chi connectivity index (χ4v) is 0.333. The van der Waals surface area contributed by atoms with Gasteiger partial charge in [-0.2, -0.15) is 0 Å². The van der Waals surface area contributed by atoms with Crippen LogP contribution < -0.4 is 0 Å². The monoisotopic (exact) mass is 152 g/mol. The van der Waals surface area contributed by atoms with E-state index in [1.165, 1.54) is 0 Å². The van der Waals surface area contributed by atoms with Gasteiger partial charge in [0.2, 0.25) is 0 Å². The Morgan fingerprint density at radius 2 is 1.89 bits per heavy atom. The van der Waals surface area contributed by atoms with Gasteiger partial charge in [-0.1, -0.05) is 0 Å². The van der Waals surface area contributed by atoms with Gasteiger partial charge in [-0.25, -0.2) is 0 Å². The molecule has 0 radical (unpaired) electrons. The molecular weight excluding hydrogens is 136 g/mol. The first kappa shape index (κ1) is 11.8. The fourth-order valence-electron chi connectivity index (χ4n) is 0.167. The quantitative estimate of drug-likeness (QED) is 0.413. The highest BCUT2D eigenvalue weighted by Crippen LogP contribution is 1.64. The molecule has 0 bridgehead atoms. The Bertz CT molecular complexity index is 31.4. The first-order valence-corrected chi connectivity index (χ1v) is 3.73. The molecule has 0 aromatic heterocycles. The van der Waals surface area contributed by atoms with Crippen molar-refractivity contribution >= 4 is 10.5 Å². The van der Waals surface area contributed by atoms with Crippen molar-refractivity contribution in [1.82, 2.24) is 0 Å². The third-order valence-corrected chi connectivity index (χ3v) is 0.900. The van der Waals surface area contributed by atoms with Crippen LogP contribution in [0, 0.1) is 0 Å². The van der Waals surface area contributed by atoms with E-state index in [9.17, 15) is 0 Å². The third-order valence-electron chi connectivity index (χ3n) is 0.492. The average molecular weight is 152 g/mol. The van der Waals surface area contributed by atoms with Crippen molar-refractivity contribution in [3.8, 4) is 0 Å². The molecule has 0 aromatic rings. The third kappa shape index (κ3) is 31.4. The molecule has 0 fully saturated rings. The second-order valence-corrected chi connectivity index (χ2v) is 1.88. The predicted octanol–water partition coefficient (Wildman–Crippen LogP) is -1.07. The summed E-state index contributed by atoms with van der Waals surface area (Å²) >= 11 is 0. The van der Waals surface area contributed by atoms with E-state index in [1.54, 1.807) is 14.0 Å². The van der Waals surface area contributed by atoms with Gasteiger partial charge >= 0.3 is 0 Å². The highest BCUT2D eigenvalue weighted by atomic mass is 28.2. The van der Waals surface area contributed by atoms with Crippen molar-refractivity contribution in [3.05, 3.63) is 0 Å². The van der Waals surface area contributed by atoms with E-state index < -0.39 is 0 Å². The average Bonchev–Trinajstić information content (AvgIpc) is 1.86. The first-order valence-electron chi connectivity index (χ1n) is 2.92. The Morgan fingerprint density at radius 1 is 1.44 bits per heavy atom. The fraction of sp³-hybridized carbons (Fsp3) is 1.00. The molecule has 0 saturated heterocycles. The van der Waals surface area contributed by atoms with E-state index in [0.29, 0.717) is 0 Å². The lowest BCUT2D eigenvalue weighted by Crippen LogP contribution is -1.97. The molecule has 0 atom stereocenters. The van der Waals surface area contributed by atoms with E-state index >= 15 is 0 Å². The molecule has 0 heterocycles. The topological polar surface area (TPSA) is 38.7 Å². The smallest absolute Gasteiger partial charge is 0.146 e. The minimum absolute atomic E-state index is 0.250. The number of hydrogen-bond acceptors (Lipinski definition) is 3. The van der Waals surface area contributed by atoms with Crippen LogP contribution in [0.1, 0.15) is 6.92 Å². The Morgan fingerprint density at radius 3 is 2.00 bits per heavy atom. The SMILES string of the molecule is CCO.COCCO[SiH3]. The van der Waals surface area contributed by atoms with Crippen LogP contribution in [0.25, 0.3) is 0 Å². The predicted molar refractivity (Wildman–Crippen MR) is 40.5 cm³/mol. The van der Waals surface area contributed by atoms with Crippen LogP contribution in [0.5, 0.6) is 0 Å². The molecular formula is C5H16O3Si. The van der Waals surface area contributed by atoms with Crippen molar-refractivity contribution < 1.29 is 14.3 Å². The summed E-state index contributed by atoms with van der Waals surface area (Å²) in [4.78, 5) is 0. The van der Waals surface area contributed by atoms with Crippen LogP contribution in [0.2, 0.25) is 0 Å². The molecule has 0 aliphatic rings. The van der Waals surface area contributed by atoms with Gasteiger partial charge in [0, 0.05) is 13.7 Å². The van der Waals surface area contributed by atoms with Crippen LogP contribution in [-0.4, -0.2) is 42.5 Å². The lowest BCUT2D eigenvalue weighted by atomic mass is 10.8. The molecule has 0 saturated carbocycles. The van der Waals surface area contributed by atoms with Gasteiger partial charge in [-0.15, -0.1) is 0 Å². The Kier molecular flexibility index (Phi) is 20.7. The standard InChI is InChI=1S/C3H10O2Si.C2H6O/c1-4-2-3-5-6;1-2-3/h2-3H2,1,6H3;3H,2H2,1H3. The maximum absolute atomic E-state index is 7.57. The zero-order chi connectivity index (χ0) is 7.54. The van der Waals surface area contributed by atoms with Gasteiger partial charge in [0.05, 0.1) is 13.2 Å². The second-order valence-electron chi connectivity index (χ2n) is 1.30. The summed E-state index contributed by atoms with van der Waals surface area (Å²) in [6, 6.07) is 0. The van der Waals surface area contributed by atoms with E-state index in [2.05, 4.69) is 4.74 Å². The zero-order valence-electron chi connectivity index (χ0n) is 6.39. The van der Waals surface area contributed by atoms with Gasteiger partial charge in [0.15, 0.2) is 0 Å². The number of aliphatic hydroxyl groups excluding tert-OH is 1. The lowest BCUT2D eigenvalue weighted by molar-refractivity contribution is 0.152.